The number of halogens is 1. The van der Waals surface area contributed by atoms with Crippen LogP contribution in [0.2, 0.25) is 5.02 Å². The van der Waals surface area contributed by atoms with Gasteiger partial charge in [0.25, 0.3) is 11.5 Å². The summed E-state index contributed by atoms with van der Waals surface area (Å²) in [6, 6.07) is 13.0. The Morgan fingerprint density at radius 3 is 2.72 bits per heavy atom. The van der Waals surface area contributed by atoms with Crippen LogP contribution in [-0.2, 0) is 6.42 Å². The minimum Gasteiger partial charge on any atom is -0.463 e. The van der Waals surface area contributed by atoms with Gasteiger partial charge in [0.05, 0.1) is 6.26 Å². The van der Waals surface area contributed by atoms with E-state index in [-0.39, 0.29) is 17.4 Å². The molecule has 29 heavy (non-hydrogen) atoms. The first kappa shape index (κ1) is 18.7. The van der Waals surface area contributed by atoms with Gasteiger partial charge in [0.2, 0.25) is 5.95 Å². The Morgan fingerprint density at radius 1 is 1.24 bits per heavy atom. The van der Waals surface area contributed by atoms with Crippen LogP contribution in [0, 0.1) is 0 Å². The average Bonchev–Trinajstić information content (AvgIpc) is 3.38. The highest BCUT2D eigenvalue weighted by Crippen LogP contribution is 2.24. The van der Waals surface area contributed by atoms with Gasteiger partial charge in [-0.25, -0.2) is 4.98 Å². The van der Waals surface area contributed by atoms with Gasteiger partial charge in [-0.1, -0.05) is 18.5 Å². The molecule has 0 atom stereocenters. The van der Waals surface area contributed by atoms with E-state index in [0.717, 1.165) is 0 Å². The van der Waals surface area contributed by atoms with E-state index in [0.29, 0.717) is 40.0 Å². The SMILES string of the molecule is CCc1cc(=O)[nH]c(-n2nc(-c3ccco3)cc2NC(=O)c2ccc(Cl)cc2)n1. The molecular formula is C20H16ClN5O3. The number of nitrogens with one attached hydrogen (secondary N) is 2. The summed E-state index contributed by atoms with van der Waals surface area (Å²) >= 11 is 5.89. The van der Waals surface area contributed by atoms with Gasteiger partial charge >= 0.3 is 0 Å². The Morgan fingerprint density at radius 2 is 2.03 bits per heavy atom. The number of aromatic nitrogens is 4. The fourth-order valence-electron chi connectivity index (χ4n) is 2.74. The number of carbonyl (C=O) groups is 1. The van der Waals surface area contributed by atoms with Gasteiger partial charge in [-0.05, 0) is 42.8 Å². The van der Waals surface area contributed by atoms with Crippen molar-refractivity contribution in [3.05, 3.63) is 81.4 Å². The van der Waals surface area contributed by atoms with Crippen LogP contribution in [0.15, 0.2) is 64.0 Å². The summed E-state index contributed by atoms with van der Waals surface area (Å²) in [6.45, 7) is 1.89. The summed E-state index contributed by atoms with van der Waals surface area (Å²) < 4.78 is 6.77. The van der Waals surface area contributed by atoms with Crippen LogP contribution in [-0.4, -0.2) is 25.7 Å². The second kappa shape index (κ2) is 7.76. The first-order chi connectivity index (χ1) is 14.0. The maximum Gasteiger partial charge on any atom is 0.256 e. The van der Waals surface area contributed by atoms with Crippen LogP contribution >= 0.6 is 11.6 Å². The lowest BCUT2D eigenvalue weighted by molar-refractivity contribution is 0.102. The second-order valence-electron chi connectivity index (χ2n) is 6.18. The third kappa shape index (κ3) is 3.97. The fraction of sp³-hybridized carbons (Fsp3) is 0.100. The van der Waals surface area contributed by atoms with Crippen LogP contribution in [0.1, 0.15) is 23.0 Å². The smallest absolute Gasteiger partial charge is 0.256 e. The molecule has 3 heterocycles. The molecule has 0 bridgehead atoms. The van der Waals surface area contributed by atoms with E-state index in [2.05, 4.69) is 20.4 Å². The standard InChI is InChI=1S/C20H16ClN5O3/c1-2-14-10-18(27)24-20(22-14)26-17(11-15(25-26)16-4-3-9-29-16)23-19(28)12-5-7-13(21)8-6-12/h3-11H,2H2,1H3,(H,23,28)(H,22,24,27). The molecule has 0 saturated heterocycles. The van der Waals surface area contributed by atoms with Gasteiger partial charge in [-0.2, -0.15) is 9.78 Å². The predicted octanol–water partition coefficient (Wildman–Crippen LogP) is 3.68. The molecule has 4 rings (SSSR count). The maximum atomic E-state index is 12.7. The zero-order valence-corrected chi connectivity index (χ0v) is 16.1. The number of hydrogen-bond acceptors (Lipinski definition) is 5. The van der Waals surface area contributed by atoms with Crippen molar-refractivity contribution >= 4 is 23.3 Å². The van der Waals surface area contributed by atoms with Gasteiger partial charge in [0.15, 0.2) is 5.76 Å². The number of aryl methyl sites for hydroxylation is 1. The van der Waals surface area contributed by atoms with Gasteiger partial charge in [0.1, 0.15) is 11.5 Å². The molecule has 8 nitrogen and oxygen atoms in total. The lowest BCUT2D eigenvalue weighted by Gasteiger charge is -2.09. The van der Waals surface area contributed by atoms with E-state index < -0.39 is 0 Å². The molecule has 0 fully saturated rings. The Balaban J connectivity index is 1.77. The topological polar surface area (TPSA) is 106 Å². The third-order valence-corrected chi connectivity index (χ3v) is 4.43. The normalized spacial score (nSPS) is 10.8. The van der Waals surface area contributed by atoms with Gasteiger partial charge in [-0.3, -0.25) is 14.6 Å². The van der Waals surface area contributed by atoms with Crippen LogP contribution in [0.5, 0.6) is 0 Å². The minimum atomic E-state index is -0.359. The van der Waals surface area contributed by atoms with Crippen molar-refractivity contribution < 1.29 is 9.21 Å². The van der Waals surface area contributed by atoms with Crippen LogP contribution in [0.3, 0.4) is 0 Å². The number of amides is 1. The number of H-pyrrole nitrogens is 1. The van der Waals surface area contributed by atoms with E-state index in [1.54, 1.807) is 42.5 Å². The summed E-state index contributed by atoms with van der Waals surface area (Å²) in [4.78, 5) is 31.8. The predicted molar refractivity (Wildman–Crippen MR) is 108 cm³/mol. The van der Waals surface area contributed by atoms with Crippen molar-refractivity contribution in [2.45, 2.75) is 13.3 Å². The fourth-order valence-corrected chi connectivity index (χ4v) is 2.87. The van der Waals surface area contributed by atoms with E-state index >= 15 is 0 Å². The largest absolute Gasteiger partial charge is 0.463 e. The van der Waals surface area contributed by atoms with Gasteiger partial charge in [-0.15, -0.1) is 0 Å². The molecule has 0 spiro atoms. The molecule has 2 N–H and O–H groups in total. The van der Waals surface area contributed by atoms with E-state index in [1.165, 1.54) is 17.0 Å². The second-order valence-corrected chi connectivity index (χ2v) is 6.62. The highest BCUT2D eigenvalue weighted by molar-refractivity contribution is 6.30. The quantitative estimate of drug-likeness (QED) is 0.523. The molecule has 146 valence electrons. The molecule has 4 aromatic rings. The summed E-state index contributed by atoms with van der Waals surface area (Å²) in [7, 11) is 0. The van der Waals surface area contributed by atoms with Crippen LogP contribution < -0.4 is 10.9 Å². The summed E-state index contributed by atoms with van der Waals surface area (Å²) in [5, 5.41) is 7.79. The zero-order chi connectivity index (χ0) is 20.4. The monoisotopic (exact) mass is 409 g/mol. The number of anilines is 1. The Bertz CT molecular complexity index is 1210. The van der Waals surface area contributed by atoms with Crippen molar-refractivity contribution in [2.24, 2.45) is 0 Å². The highest BCUT2D eigenvalue weighted by atomic mass is 35.5. The molecule has 0 radical (unpaired) electrons. The highest BCUT2D eigenvalue weighted by Gasteiger charge is 2.18. The van der Waals surface area contributed by atoms with E-state index in [9.17, 15) is 9.59 Å². The zero-order valence-electron chi connectivity index (χ0n) is 15.3. The van der Waals surface area contributed by atoms with Crippen molar-refractivity contribution in [2.75, 3.05) is 5.32 Å². The van der Waals surface area contributed by atoms with Crippen molar-refractivity contribution in [3.63, 3.8) is 0 Å². The number of furan rings is 1. The van der Waals surface area contributed by atoms with Crippen molar-refractivity contribution in [1.29, 1.82) is 0 Å². The Hall–Kier alpha value is -3.65. The molecule has 1 amide bonds. The van der Waals surface area contributed by atoms with Gasteiger partial charge in [0, 0.05) is 28.4 Å². The van der Waals surface area contributed by atoms with Crippen molar-refractivity contribution in [1.82, 2.24) is 19.7 Å². The molecular weight excluding hydrogens is 394 g/mol. The summed E-state index contributed by atoms with van der Waals surface area (Å²) in [5.41, 5.74) is 1.20. The number of rotatable bonds is 5. The van der Waals surface area contributed by atoms with Crippen molar-refractivity contribution in [3.8, 4) is 17.4 Å². The number of benzene rings is 1. The summed E-state index contributed by atoms with van der Waals surface area (Å²) in [5.74, 6) is 0.675. The molecule has 9 heteroatoms. The van der Waals surface area contributed by atoms with Crippen LogP contribution in [0.25, 0.3) is 17.4 Å². The number of carbonyl (C=O) groups excluding carboxylic acids is 1. The molecule has 0 aliphatic heterocycles. The lowest BCUT2D eigenvalue weighted by Crippen LogP contribution is -2.19. The lowest BCUT2D eigenvalue weighted by atomic mass is 10.2. The average molecular weight is 410 g/mol. The minimum absolute atomic E-state index is 0.193. The maximum absolute atomic E-state index is 12.7. The number of hydrogen-bond donors (Lipinski definition) is 2. The first-order valence-corrected chi connectivity index (χ1v) is 9.23. The number of nitrogens with zero attached hydrogens (tertiary/aromatic N) is 3. The Kier molecular flexibility index (Phi) is 5.01. The van der Waals surface area contributed by atoms with E-state index in [1.807, 2.05) is 6.92 Å². The molecule has 3 aromatic heterocycles. The molecule has 1 aromatic carbocycles. The van der Waals surface area contributed by atoms with Crippen LogP contribution in [0.4, 0.5) is 5.82 Å². The number of aromatic amines is 1. The van der Waals surface area contributed by atoms with Gasteiger partial charge < -0.3 is 9.73 Å². The Labute approximate surface area is 170 Å². The molecule has 0 aliphatic rings. The summed E-state index contributed by atoms with van der Waals surface area (Å²) in [6.07, 6.45) is 2.11. The van der Waals surface area contributed by atoms with E-state index in [4.69, 9.17) is 16.0 Å². The molecule has 0 aliphatic carbocycles. The molecule has 0 saturated carbocycles. The third-order valence-electron chi connectivity index (χ3n) is 4.18. The molecule has 0 unspecified atom stereocenters. The first-order valence-electron chi connectivity index (χ1n) is 8.85.